The van der Waals surface area contributed by atoms with Crippen LogP contribution in [0.3, 0.4) is 0 Å². The summed E-state index contributed by atoms with van der Waals surface area (Å²) in [5.74, 6) is 0.615. The Bertz CT molecular complexity index is 649. The van der Waals surface area contributed by atoms with Gasteiger partial charge in [-0.15, -0.1) is 0 Å². The highest BCUT2D eigenvalue weighted by Crippen LogP contribution is 2.17. The molecule has 2 aromatic rings. The van der Waals surface area contributed by atoms with Crippen LogP contribution in [0.15, 0.2) is 42.9 Å². The van der Waals surface area contributed by atoms with Gasteiger partial charge in [0.05, 0.1) is 19.2 Å². The summed E-state index contributed by atoms with van der Waals surface area (Å²) < 4.78 is 5.82. The predicted octanol–water partition coefficient (Wildman–Crippen LogP) is 2.74. The summed E-state index contributed by atoms with van der Waals surface area (Å²) in [6.45, 7) is 1.36. The fraction of sp³-hybridized carbons (Fsp3) is 0.353. The molecule has 2 heterocycles. The van der Waals surface area contributed by atoms with Gasteiger partial charge in [0.25, 0.3) is 0 Å². The van der Waals surface area contributed by atoms with Crippen LogP contribution >= 0.6 is 11.6 Å². The van der Waals surface area contributed by atoms with Crippen molar-refractivity contribution in [3.63, 3.8) is 0 Å². The van der Waals surface area contributed by atoms with Crippen LogP contribution in [0.2, 0.25) is 5.02 Å². The van der Waals surface area contributed by atoms with Crippen LogP contribution in [-0.4, -0.2) is 40.0 Å². The van der Waals surface area contributed by atoms with Gasteiger partial charge in [-0.2, -0.15) is 0 Å². The third-order valence-electron chi connectivity index (χ3n) is 3.83. The maximum atomic E-state index is 12.5. The summed E-state index contributed by atoms with van der Waals surface area (Å²) in [5, 5.41) is 0.677. The van der Waals surface area contributed by atoms with Crippen molar-refractivity contribution in [2.45, 2.75) is 25.4 Å². The lowest BCUT2D eigenvalue weighted by atomic mass is 10.1. The van der Waals surface area contributed by atoms with E-state index in [9.17, 15) is 4.79 Å². The fourth-order valence-corrected chi connectivity index (χ4v) is 2.79. The summed E-state index contributed by atoms with van der Waals surface area (Å²) in [4.78, 5) is 22.4. The summed E-state index contributed by atoms with van der Waals surface area (Å²) in [7, 11) is 0. The Morgan fingerprint density at radius 1 is 1.30 bits per heavy atom. The van der Waals surface area contributed by atoms with E-state index < -0.39 is 0 Å². The molecular weight excluding hydrogens is 314 g/mol. The van der Waals surface area contributed by atoms with Gasteiger partial charge in [0.2, 0.25) is 11.8 Å². The van der Waals surface area contributed by atoms with Crippen LogP contribution in [0.1, 0.15) is 18.4 Å². The molecule has 3 rings (SSSR count). The minimum Gasteiger partial charge on any atom is -0.471 e. The van der Waals surface area contributed by atoms with Gasteiger partial charge in [0.15, 0.2) is 0 Å². The molecule has 6 heteroatoms. The number of carbonyl (C=O) groups excluding carboxylic acids is 1. The number of hydrogen-bond donors (Lipinski definition) is 0. The van der Waals surface area contributed by atoms with E-state index in [0.29, 0.717) is 23.9 Å². The normalized spacial score (nSPS) is 17.8. The number of hydrogen-bond acceptors (Lipinski definition) is 4. The maximum absolute atomic E-state index is 12.5. The highest BCUT2D eigenvalue weighted by atomic mass is 35.5. The maximum Gasteiger partial charge on any atom is 0.232 e. The Morgan fingerprint density at radius 2 is 2.13 bits per heavy atom. The zero-order valence-corrected chi connectivity index (χ0v) is 13.4. The third-order valence-corrected chi connectivity index (χ3v) is 4.08. The second-order valence-electron chi connectivity index (χ2n) is 5.57. The molecule has 5 nitrogen and oxygen atoms in total. The van der Waals surface area contributed by atoms with Crippen molar-refractivity contribution in [2.24, 2.45) is 0 Å². The van der Waals surface area contributed by atoms with E-state index in [1.54, 1.807) is 30.7 Å². The topological polar surface area (TPSA) is 55.3 Å². The van der Waals surface area contributed by atoms with Crippen molar-refractivity contribution in [3.05, 3.63) is 53.4 Å². The van der Waals surface area contributed by atoms with Gasteiger partial charge in [0.1, 0.15) is 6.10 Å². The molecular formula is C17H18ClN3O2. The Labute approximate surface area is 140 Å². The van der Waals surface area contributed by atoms with Gasteiger partial charge in [-0.3, -0.25) is 9.78 Å². The van der Waals surface area contributed by atoms with Gasteiger partial charge in [0, 0.05) is 24.0 Å². The molecule has 120 valence electrons. The zero-order valence-electron chi connectivity index (χ0n) is 12.7. The van der Waals surface area contributed by atoms with E-state index >= 15 is 0 Å². The molecule has 0 radical (unpaired) electrons. The zero-order chi connectivity index (χ0) is 16.1. The van der Waals surface area contributed by atoms with Gasteiger partial charge in [-0.1, -0.05) is 23.7 Å². The van der Waals surface area contributed by atoms with Gasteiger partial charge in [-0.25, -0.2) is 4.98 Å². The van der Waals surface area contributed by atoms with Gasteiger partial charge >= 0.3 is 0 Å². The smallest absolute Gasteiger partial charge is 0.232 e. The lowest BCUT2D eigenvalue weighted by Gasteiger charge is -2.32. The van der Waals surface area contributed by atoms with Crippen LogP contribution in [0.4, 0.5) is 0 Å². The number of piperidine rings is 1. The number of rotatable bonds is 4. The Morgan fingerprint density at radius 3 is 2.87 bits per heavy atom. The predicted molar refractivity (Wildman–Crippen MR) is 87.4 cm³/mol. The van der Waals surface area contributed by atoms with Crippen LogP contribution < -0.4 is 4.74 Å². The Balaban J connectivity index is 1.57. The fourth-order valence-electron chi connectivity index (χ4n) is 2.67. The molecule has 23 heavy (non-hydrogen) atoms. The minimum absolute atomic E-state index is 0.0328. The first-order valence-electron chi connectivity index (χ1n) is 7.65. The second kappa shape index (κ2) is 7.42. The van der Waals surface area contributed by atoms with E-state index in [4.69, 9.17) is 16.3 Å². The first kappa shape index (κ1) is 15.7. The number of nitrogens with zero attached hydrogens (tertiary/aromatic N) is 3. The van der Waals surface area contributed by atoms with Crippen LogP contribution in [-0.2, 0) is 11.2 Å². The number of amides is 1. The summed E-state index contributed by atoms with van der Waals surface area (Å²) in [6, 6.07) is 7.39. The second-order valence-corrected chi connectivity index (χ2v) is 6.01. The Hall–Kier alpha value is -2.14. The SMILES string of the molecule is O=C(Cc1ccc(Cl)cc1)N1CCCC(Oc2cnccn2)C1. The molecule has 1 aliphatic rings. The molecule has 0 spiro atoms. The first-order chi connectivity index (χ1) is 11.2. The largest absolute Gasteiger partial charge is 0.471 e. The highest BCUT2D eigenvalue weighted by molar-refractivity contribution is 6.30. The first-order valence-corrected chi connectivity index (χ1v) is 8.03. The van der Waals surface area contributed by atoms with Crippen molar-refractivity contribution in [2.75, 3.05) is 13.1 Å². The Kier molecular flexibility index (Phi) is 5.08. The molecule has 1 unspecified atom stereocenters. The van der Waals surface area contributed by atoms with Crippen molar-refractivity contribution in [1.29, 1.82) is 0 Å². The molecule has 1 aliphatic heterocycles. The van der Waals surface area contributed by atoms with E-state index in [1.165, 1.54) is 0 Å². The van der Waals surface area contributed by atoms with Gasteiger partial charge < -0.3 is 9.64 Å². The average molecular weight is 332 g/mol. The monoisotopic (exact) mass is 331 g/mol. The average Bonchev–Trinajstić information content (AvgIpc) is 2.58. The molecule has 0 N–H and O–H groups in total. The lowest BCUT2D eigenvalue weighted by molar-refractivity contribution is -0.133. The van der Waals surface area contributed by atoms with Gasteiger partial charge in [-0.05, 0) is 30.5 Å². The summed E-state index contributed by atoms with van der Waals surface area (Å²) in [6.07, 6.45) is 6.99. The van der Waals surface area contributed by atoms with E-state index in [2.05, 4.69) is 9.97 Å². The number of likely N-dealkylation sites (tertiary alicyclic amines) is 1. The number of carbonyl (C=O) groups is 1. The third kappa shape index (κ3) is 4.42. The molecule has 1 aromatic heterocycles. The number of halogens is 1. The van der Waals surface area contributed by atoms with Crippen LogP contribution in [0, 0.1) is 0 Å². The molecule has 1 saturated heterocycles. The molecule has 1 amide bonds. The molecule has 1 fully saturated rings. The summed E-state index contributed by atoms with van der Waals surface area (Å²) in [5.41, 5.74) is 0.969. The van der Waals surface area contributed by atoms with Crippen LogP contribution in [0.25, 0.3) is 0 Å². The summed E-state index contributed by atoms with van der Waals surface area (Å²) >= 11 is 5.87. The minimum atomic E-state index is -0.0328. The lowest BCUT2D eigenvalue weighted by Crippen LogP contribution is -2.45. The molecule has 0 bridgehead atoms. The van der Waals surface area contributed by atoms with Crippen molar-refractivity contribution < 1.29 is 9.53 Å². The van der Waals surface area contributed by atoms with E-state index in [0.717, 1.165) is 24.9 Å². The number of ether oxygens (including phenoxy) is 1. The molecule has 0 aliphatic carbocycles. The van der Waals surface area contributed by atoms with E-state index in [-0.39, 0.29) is 12.0 Å². The quantitative estimate of drug-likeness (QED) is 0.864. The molecule has 1 aromatic carbocycles. The highest BCUT2D eigenvalue weighted by Gasteiger charge is 2.25. The van der Waals surface area contributed by atoms with Crippen molar-refractivity contribution in [3.8, 4) is 5.88 Å². The number of benzene rings is 1. The van der Waals surface area contributed by atoms with E-state index in [1.807, 2.05) is 17.0 Å². The van der Waals surface area contributed by atoms with Crippen molar-refractivity contribution in [1.82, 2.24) is 14.9 Å². The van der Waals surface area contributed by atoms with Crippen molar-refractivity contribution >= 4 is 17.5 Å². The number of aromatic nitrogens is 2. The molecule has 0 saturated carbocycles. The molecule has 1 atom stereocenters. The standard InChI is InChI=1S/C17H18ClN3O2/c18-14-5-3-13(4-6-14)10-17(22)21-9-1-2-15(12-21)23-16-11-19-7-8-20-16/h3-8,11,15H,1-2,9-10,12H2. The van der Waals surface area contributed by atoms with Crippen LogP contribution in [0.5, 0.6) is 5.88 Å².